The quantitative estimate of drug-likeness (QED) is 0.451. The maximum atomic E-state index is 10.7. The first-order valence-corrected chi connectivity index (χ1v) is 5.92. The lowest BCUT2D eigenvalue weighted by Crippen LogP contribution is -2.32. The van der Waals surface area contributed by atoms with Crippen LogP contribution in [0.15, 0.2) is 18.2 Å². The van der Waals surface area contributed by atoms with Crippen molar-refractivity contribution in [2.24, 2.45) is 0 Å². The lowest BCUT2D eigenvalue weighted by Gasteiger charge is -2.09. The maximum Gasteiger partial charge on any atom is 0.160 e. The summed E-state index contributed by atoms with van der Waals surface area (Å²) in [6, 6.07) is 6.14. The number of hydrazine groups is 1. The van der Waals surface area contributed by atoms with Gasteiger partial charge < -0.3 is 0 Å². The van der Waals surface area contributed by atoms with Gasteiger partial charge in [-0.15, -0.1) is 5.01 Å². The Morgan fingerprint density at radius 1 is 1.33 bits per heavy atom. The van der Waals surface area contributed by atoms with Crippen molar-refractivity contribution in [2.45, 2.75) is 12.8 Å². The number of nitro groups is 1. The Labute approximate surface area is 102 Å². The molecule has 1 aromatic carbocycles. The third kappa shape index (κ3) is 2.22. The monoisotopic (exact) mass is 318 g/mol. The molecule has 2 rings (SSSR count). The smallest absolute Gasteiger partial charge is 0.160 e. The molecule has 0 bridgehead atoms. The normalized spacial score (nSPS) is 15.7. The van der Waals surface area contributed by atoms with E-state index in [4.69, 9.17) is 0 Å². The molecule has 5 heteroatoms. The van der Waals surface area contributed by atoms with Gasteiger partial charge in [-0.25, -0.2) is 10.1 Å². The number of hydrogen-bond acceptors (Lipinski definition) is 2. The highest BCUT2D eigenvalue weighted by atomic mass is 127. The summed E-state index contributed by atoms with van der Waals surface area (Å²) < 4.78 is 1.22. The molecule has 0 fully saturated rings. The minimum Gasteiger partial charge on any atom is -0.235 e. The molecule has 0 aromatic heterocycles. The fourth-order valence-electron chi connectivity index (χ4n) is 1.88. The number of fused-ring (bicyclic) bond motifs is 1. The van der Waals surface area contributed by atoms with E-state index in [1.165, 1.54) is 19.7 Å². The van der Waals surface area contributed by atoms with Crippen molar-refractivity contribution in [2.75, 3.05) is 13.1 Å². The third-order valence-electron chi connectivity index (χ3n) is 2.71. The SMILES string of the molecule is O=[N+]([O-])N1CCc2cccc(I)c2CC1. The van der Waals surface area contributed by atoms with Gasteiger partial charge in [-0.2, -0.15) is 0 Å². The summed E-state index contributed by atoms with van der Waals surface area (Å²) in [4.78, 5) is 10.7. The molecule has 1 heterocycles. The Bertz CT molecular complexity index is 395. The van der Waals surface area contributed by atoms with Gasteiger partial charge in [0.15, 0.2) is 5.03 Å². The molecule has 0 radical (unpaired) electrons. The van der Waals surface area contributed by atoms with Crippen molar-refractivity contribution in [3.8, 4) is 0 Å². The van der Waals surface area contributed by atoms with Gasteiger partial charge in [0.05, 0.1) is 13.1 Å². The lowest BCUT2D eigenvalue weighted by atomic mass is 10.0. The van der Waals surface area contributed by atoms with Crippen LogP contribution in [0, 0.1) is 13.7 Å². The summed E-state index contributed by atoms with van der Waals surface area (Å²) in [5.74, 6) is 0. The van der Waals surface area contributed by atoms with Crippen LogP contribution in [0.4, 0.5) is 0 Å². The molecule has 0 spiro atoms. The molecule has 0 aliphatic carbocycles. The van der Waals surface area contributed by atoms with E-state index in [1.54, 1.807) is 0 Å². The minimum atomic E-state index is -0.293. The maximum absolute atomic E-state index is 10.7. The minimum absolute atomic E-state index is 0.293. The Balaban J connectivity index is 2.25. The number of hydrogen-bond donors (Lipinski definition) is 0. The van der Waals surface area contributed by atoms with Crippen LogP contribution < -0.4 is 0 Å². The van der Waals surface area contributed by atoms with Gasteiger partial charge in [0.2, 0.25) is 0 Å². The molecule has 1 aromatic rings. The summed E-state index contributed by atoms with van der Waals surface area (Å²) >= 11 is 2.30. The van der Waals surface area contributed by atoms with Gasteiger partial charge in [-0.3, -0.25) is 0 Å². The van der Waals surface area contributed by atoms with Crippen molar-refractivity contribution >= 4 is 22.6 Å². The van der Waals surface area contributed by atoms with Gasteiger partial charge in [0.25, 0.3) is 0 Å². The molecule has 4 nitrogen and oxygen atoms in total. The molecular weight excluding hydrogens is 307 g/mol. The summed E-state index contributed by atoms with van der Waals surface area (Å²) in [6.45, 7) is 1.03. The van der Waals surface area contributed by atoms with Crippen LogP contribution in [0.25, 0.3) is 0 Å². The Morgan fingerprint density at radius 2 is 2.07 bits per heavy atom. The average molecular weight is 318 g/mol. The summed E-state index contributed by atoms with van der Waals surface area (Å²) in [5.41, 5.74) is 2.54. The van der Waals surface area contributed by atoms with Gasteiger partial charge >= 0.3 is 0 Å². The van der Waals surface area contributed by atoms with E-state index in [9.17, 15) is 10.1 Å². The number of rotatable bonds is 1. The number of benzene rings is 1. The van der Waals surface area contributed by atoms with Crippen molar-refractivity contribution in [3.05, 3.63) is 43.0 Å². The van der Waals surface area contributed by atoms with E-state index in [0.29, 0.717) is 13.1 Å². The van der Waals surface area contributed by atoms with Crippen molar-refractivity contribution in [3.63, 3.8) is 0 Å². The van der Waals surface area contributed by atoms with Crippen molar-refractivity contribution in [1.82, 2.24) is 5.01 Å². The van der Waals surface area contributed by atoms with Crippen LogP contribution in [0.1, 0.15) is 11.1 Å². The second-order valence-electron chi connectivity index (χ2n) is 3.57. The summed E-state index contributed by atoms with van der Waals surface area (Å²) in [5, 5.41) is 11.7. The molecule has 0 amide bonds. The lowest BCUT2D eigenvalue weighted by molar-refractivity contribution is -0.655. The summed E-state index contributed by atoms with van der Waals surface area (Å²) in [7, 11) is 0. The van der Waals surface area contributed by atoms with Crippen molar-refractivity contribution < 1.29 is 5.03 Å². The van der Waals surface area contributed by atoms with Crippen LogP contribution in [0.3, 0.4) is 0 Å². The van der Waals surface area contributed by atoms with E-state index in [-0.39, 0.29) is 5.03 Å². The van der Waals surface area contributed by atoms with Gasteiger partial charge in [-0.05, 0) is 52.6 Å². The zero-order chi connectivity index (χ0) is 10.8. The highest BCUT2D eigenvalue weighted by Gasteiger charge is 2.20. The molecule has 1 aliphatic rings. The van der Waals surface area contributed by atoms with Crippen LogP contribution in [0.5, 0.6) is 0 Å². The van der Waals surface area contributed by atoms with Gasteiger partial charge in [0.1, 0.15) is 0 Å². The summed E-state index contributed by atoms with van der Waals surface area (Å²) in [6.07, 6.45) is 1.54. The topological polar surface area (TPSA) is 46.4 Å². The molecule has 0 unspecified atom stereocenters. The second kappa shape index (κ2) is 4.34. The molecule has 0 saturated carbocycles. The number of nitrogens with zero attached hydrogens (tertiary/aromatic N) is 2. The van der Waals surface area contributed by atoms with E-state index in [0.717, 1.165) is 12.8 Å². The zero-order valence-electron chi connectivity index (χ0n) is 8.15. The Kier molecular flexibility index (Phi) is 3.08. The Morgan fingerprint density at radius 3 is 2.80 bits per heavy atom. The first-order valence-electron chi connectivity index (χ1n) is 4.84. The third-order valence-corrected chi connectivity index (χ3v) is 3.72. The molecule has 0 atom stereocenters. The van der Waals surface area contributed by atoms with E-state index >= 15 is 0 Å². The van der Waals surface area contributed by atoms with Crippen LogP contribution in [-0.2, 0) is 12.8 Å². The second-order valence-corrected chi connectivity index (χ2v) is 4.73. The van der Waals surface area contributed by atoms with Crippen LogP contribution >= 0.6 is 22.6 Å². The fraction of sp³-hybridized carbons (Fsp3) is 0.400. The fourth-order valence-corrected chi connectivity index (χ4v) is 2.71. The first kappa shape index (κ1) is 10.7. The molecule has 0 N–H and O–H groups in total. The largest absolute Gasteiger partial charge is 0.235 e. The van der Waals surface area contributed by atoms with Crippen LogP contribution in [-0.4, -0.2) is 23.1 Å². The number of halogens is 1. The Hall–Kier alpha value is -0.850. The predicted octanol–water partition coefficient (Wildman–Crippen LogP) is 1.88. The molecule has 0 saturated heterocycles. The zero-order valence-corrected chi connectivity index (χ0v) is 10.3. The van der Waals surface area contributed by atoms with Crippen LogP contribution in [0.2, 0.25) is 0 Å². The van der Waals surface area contributed by atoms with E-state index < -0.39 is 0 Å². The standard InChI is InChI=1S/C10H11IN2O2/c11-10-3-1-2-8-4-6-12(13(14)15)7-5-9(8)10/h1-3H,4-7H2. The predicted molar refractivity (Wildman–Crippen MR) is 65.1 cm³/mol. The highest BCUT2D eigenvalue weighted by molar-refractivity contribution is 14.1. The van der Waals surface area contributed by atoms with Crippen molar-refractivity contribution in [1.29, 1.82) is 0 Å². The molecule has 15 heavy (non-hydrogen) atoms. The first-order chi connectivity index (χ1) is 7.18. The van der Waals surface area contributed by atoms with E-state index in [2.05, 4.69) is 34.7 Å². The molecule has 1 aliphatic heterocycles. The molecular formula is C10H11IN2O2. The highest BCUT2D eigenvalue weighted by Crippen LogP contribution is 2.21. The van der Waals surface area contributed by atoms with Gasteiger partial charge in [-0.1, -0.05) is 12.1 Å². The average Bonchev–Trinajstić information content (AvgIpc) is 2.41. The van der Waals surface area contributed by atoms with E-state index in [1.807, 2.05) is 6.07 Å². The molecule has 80 valence electrons. The van der Waals surface area contributed by atoms with Gasteiger partial charge in [0, 0.05) is 3.57 Å².